The lowest BCUT2D eigenvalue weighted by molar-refractivity contribution is -0.133. The number of piperidine rings is 1. The molecule has 152 valence electrons. The monoisotopic (exact) mass is 440 g/mol. The van der Waals surface area contributed by atoms with Gasteiger partial charge in [-0.3, -0.25) is 9.69 Å². The molecular formula is C21H33BrN2O3. The molecule has 0 aromatic heterocycles. The molecule has 6 heteroatoms. The minimum Gasteiger partial charge on any atom is -0.492 e. The number of carbonyl (C=O) groups is 1. The van der Waals surface area contributed by atoms with Crippen molar-refractivity contribution in [3.05, 3.63) is 28.7 Å². The normalized spacial score (nSPS) is 17.1. The predicted molar refractivity (Wildman–Crippen MR) is 112 cm³/mol. The second-order valence-electron chi connectivity index (χ2n) is 7.62. The molecule has 27 heavy (non-hydrogen) atoms. The Kier molecular flexibility index (Phi) is 9.59. The topological polar surface area (TPSA) is 50.8 Å². The van der Waals surface area contributed by atoms with Gasteiger partial charge in [0.1, 0.15) is 18.5 Å². The summed E-state index contributed by atoms with van der Waals surface area (Å²) in [6, 6.07) is 8.15. The zero-order valence-corrected chi connectivity index (χ0v) is 18.3. The highest BCUT2D eigenvalue weighted by molar-refractivity contribution is 9.10. The fraction of sp³-hybridized carbons (Fsp3) is 0.667. The van der Waals surface area contributed by atoms with Crippen LogP contribution in [-0.2, 0) is 9.53 Å². The van der Waals surface area contributed by atoms with Crippen molar-refractivity contribution in [3.63, 3.8) is 0 Å². The SMILES string of the molecule is CC(C)CCOC(C)C(=O)NC1CCN(CCOc2ccc(Br)cc2)CC1. The zero-order chi connectivity index (χ0) is 19.6. The Labute approximate surface area is 171 Å². The van der Waals surface area contributed by atoms with Gasteiger partial charge >= 0.3 is 0 Å². The number of nitrogens with one attached hydrogen (secondary N) is 1. The lowest BCUT2D eigenvalue weighted by atomic mass is 10.0. The van der Waals surface area contributed by atoms with Crippen molar-refractivity contribution in [2.75, 3.05) is 32.8 Å². The summed E-state index contributed by atoms with van der Waals surface area (Å²) in [6.07, 6.45) is 2.56. The van der Waals surface area contributed by atoms with Crippen molar-refractivity contribution < 1.29 is 14.3 Å². The molecule has 1 N–H and O–H groups in total. The van der Waals surface area contributed by atoms with Gasteiger partial charge < -0.3 is 14.8 Å². The Morgan fingerprint density at radius 3 is 2.48 bits per heavy atom. The van der Waals surface area contributed by atoms with E-state index >= 15 is 0 Å². The van der Waals surface area contributed by atoms with Crippen molar-refractivity contribution in [1.29, 1.82) is 0 Å². The Morgan fingerprint density at radius 1 is 1.19 bits per heavy atom. The number of ether oxygens (including phenoxy) is 2. The van der Waals surface area contributed by atoms with E-state index in [1.807, 2.05) is 31.2 Å². The van der Waals surface area contributed by atoms with Gasteiger partial charge in [0.15, 0.2) is 0 Å². The van der Waals surface area contributed by atoms with Gasteiger partial charge in [-0.2, -0.15) is 0 Å². The number of rotatable bonds is 10. The summed E-state index contributed by atoms with van der Waals surface area (Å²) in [7, 11) is 0. The maximum Gasteiger partial charge on any atom is 0.249 e. The summed E-state index contributed by atoms with van der Waals surface area (Å²) in [4.78, 5) is 14.6. The molecular weight excluding hydrogens is 408 g/mol. The third-order valence-corrected chi connectivity index (χ3v) is 5.38. The fourth-order valence-corrected chi connectivity index (χ4v) is 3.26. The van der Waals surface area contributed by atoms with Crippen LogP contribution in [0.2, 0.25) is 0 Å². The molecule has 0 radical (unpaired) electrons. The third kappa shape index (κ3) is 8.62. The smallest absolute Gasteiger partial charge is 0.249 e. The van der Waals surface area contributed by atoms with Crippen LogP contribution < -0.4 is 10.1 Å². The summed E-state index contributed by atoms with van der Waals surface area (Å²) >= 11 is 3.42. The van der Waals surface area contributed by atoms with E-state index in [0.717, 1.165) is 49.1 Å². The highest BCUT2D eigenvalue weighted by atomic mass is 79.9. The molecule has 1 saturated heterocycles. The van der Waals surface area contributed by atoms with Crippen LogP contribution in [0.1, 0.15) is 40.0 Å². The molecule has 1 aromatic rings. The van der Waals surface area contributed by atoms with Crippen molar-refractivity contribution in [2.24, 2.45) is 5.92 Å². The lowest BCUT2D eigenvalue weighted by Gasteiger charge is -2.32. The van der Waals surface area contributed by atoms with Gasteiger partial charge in [0.2, 0.25) is 5.91 Å². The van der Waals surface area contributed by atoms with Crippen molar-refractivity contribution in [2.45, 2.75) is 52.2 Å². The molecule has 0 spiro atoms. The van der Waals surface area contributed by atoms with E-state index in [9.17, 15) is 4.79 Å². The van der Waals surface area contributed by atoms with Crippen LogP contribution in [0.5, 0.6) is 5.75 Å². The van der Waals surface area contributed by atoms with Crippen LogP contribution in [-0.4, -0.2) is 55.8 Å². The Bertz CT molecular complexity index is 557. The van der Waals surface area contributed by atoms with Gasteiger partial charge in [0, 0.05) is 36.8 Å². The van der Waals surface area contributed by atoms with Gasteiger partial charge in [-0.25, -0.2) is 0 Å². The van der Waals surface area contributed by atoms with Crippen molar-refractivity contribution >= 4 is 21.8 Å². The Hall–Kier alpha value is -1.11. The number of nitrogens with zero attached hydrogens (tertiary/aromatic N) is 1. The van der Waals surface area contributed by atoms with E-state index in [2.05, 4.69) is 40.0 Å². The Balaban J connectivity index is 1.59. The first-order valence-electron chi connectivity index (χ1n) is 9.96. The van der Waals surface area contributed by atoms with E-state index in [1.54, 1.807) is 0 Å². The maximum atomic E-state index is 12.2. The molecule has 1 unspecified atom stereocenters. The molecule has 0 aliphatic carbocycles. The number of hydrogen-bond donors (Lipinski definition) is 1. The van der Waals surface area contributed by atoms with E-state index in [4.69, 9.17) is 9.47 Å². The summed E-state index contributed by atoms with van der Waals surface area (Å²) < 4.78 is 12.5. The molecule has 1 amide bonds. The number of carbonyl (C=O) groups excluding carboxylic acids is 1. The number of amides is 1. The van der Waals surface area contributed by atoms with Crippen LogP contribution in [0, 0.1) is 5.92 Å². The standard InChI is InChI=1S/C21H33BrN2O3/c1-16(2)10-14-26-17(3)21(25)23-19-8-11-24(12-9-19)13-15-27-20-6-4-18(22)5-7-20/h4-7,16-17,19H,8-15H2,1-3H3,(H,23,25). The molecule has 5 nitrogen and oxygen atoms in total. The predicted octanol–water partition coefficient (Wildman–Crippen LogP) is 3.86. The minimum atomic E-state index is -0.374. The summed E-state index contributed by atoms with van der Waals surface area (Å²) in [5, 5.41) is 3.14. The number of benzene rings is 1. The van der Waals surface area contributed by atoms with E-state index in [0.29, 0.717) is 19.1 Å². The lowest BCUT2D eigenvalue weighted by Crippen LogP contribution is -2.48. The third-order valence-electron chi connectivity index (χ3n) is 4.86. The molecule has 1 atom stereocenters. The van der Waals surface area contributed by atoms with Gasteiger partial charge in [-0.05, 0) is 56.4 Å². The molecule has 1 fully saturated rings. The van der Waals surface area contributed by atoms with Crippen molar-refractivity contribution in [1.82, 2.24) is 10.2 Å². The van der Waals surface area contributed by atoms with E-state index < -0.39 is 0 Å². The van der Waals surface area contributed by atoms with Gasteiger partial charge in [0.05, 0.1) is 0 Å². The zero-order valence-electron chi connectivity index (χ0n) is 16.7. The summed E-state index contributed by atoms with van der Waals surface area (Å²) in [5.74, 6) is 1.50. The number of hydrogen-bond acceptors (Lipinski definition) is 4. The maximum absolute atomic E-state index is 12.2. The van der Waals surface area contributed by atoms with Crippen LogP contribution in [0.15, 0.2) is 28.7 Å². The average molecular weight is 441 g/mol. The average Bonchev–Trinajstić information content (AvgIpc) is 2.64. The molecule has 1 aromatic carbocycles. The fourth-order valence-electron chi connectivity index (χ4n) is 3.00. The molecule has 0 saturated carbocycles. The van der Waals surface area contributed by atoms with Gasteiger partial charge in [-0.1, -0.05) is 29.8 Å². The molecule has 0 bridgehead atoms. The summed E-state index contributed by atoms with van der Waals surface area (Å²) in [5.41, 5.74) is 0. The number of halogens is 1. The van der Waals surface area contributed by atoms with E-state index in [1.165, 1.54) is 0 Å². The highest BCUT2D eigenvalue weighted by Gasteiger charge is 2.23. The van der Waals surface area contributed by atoms with Crippen LogP contribution in [0.25, 0.3) is 0 Å². The van der Waals surface area contributed by atoms with Gasteiger partial charge in [0.25, 0.3) is 0 Å². The van der Waals surface area contributed by atoms with Crippen LogP contribution >= 0.6 is 15.9 Å². The number of likely N-dealkylation sites (tertiary alicyclic amines) is 1. The minimum absolute atomic E-state index is 0.00998. The highest BCUT2D eigenvalue weighted by Crippen LogP contribution is 2.16. The summed E-state index contributed by atoms with van der Waals surface area (Å²) in [6.45, 7) is 10.4. The second-order valence-corrected chi connectivity index (χ2v) is 8.54. The van der Waals surface area contributed by atoms with Gasteiger partial charge in [-0.15, -0.1) is 0 Å². The first-order valence-corrected chi connectivity index (χ1v) is 10.8. The Morgan fingerprint density at radius 2 is 1.85 bits per heavy atom. The largest absolute Gasteiger partial charge is 0.492 e. The molecule has 1 aliphatic heterocycles. The van der Waals surface area contributed by atoms with E-state index in [-0.39, 0.29) is 18.1 Å². The first-order chi connectivity index (χ1) is 12.9. The molecule has 1 aliphatic rings. The quantitative estimate of drug-likeness (QED) is 0.599. The second kappa shape index (κ2) is 11.7. The molecule has 1 heterocycles. The molecule has 2 rings (SSSR count). The first kappa shape index (κ1) is 22.2. The van der Waals surface area contributed by atoms with Crippen LogP contribution in [0.4, 0.5) is 0 Å². The van der Waals surface area contributed by atoms with Crippen molar-refractivity contribution in [3.8, 4) is 5.75 Å². The van der Waals surface area contributed by atoms with Crippen LogP contribution in [0.3, 0.4) is 0 Å².